The number of hydrogen-bond donors (Lipinski definition) is 2. The lowest BCUT2D eigenvalue weighted by Gasteiger charge is -2.16. The molecule has 6 nitrogen and oxygen atoms in total. The number of hydrogen-bond acceptors (Lipinski definition) is 4. The maximum absolute atomic E-state index is 12.2. The standard InChI is InChI=1S/C13H26N4O2S/c1-4-11(2)8-12(3)16-20(18,19)13-9-15-17(10-13)7-5-6-14/h9-12,16H,4-8,14H2,1-3H3. The molecule has 0 aliphatic carbocycles. The molecule has 0 saturated carbocycles. The Hall–Kier alpha value is -0.920. The molecule has 1 aromatic rings. The SMILES string of the molecule is CCC(C)CC(C)NS(=O)(=O)c1cnn(CCCN)c1. The Morgan fingerprint density at radius 2 is 2.15 bits per heavy atom. The van der Waals surface area contributed by atoms with E-state index in [4.69, 9.17) is 5.73 Å². The van der Waals surface area contributed by atoms with Crippen LogP contribution in [0.2, 0.25) is 0 Å². The second-order valence-corrected chi connectivity index (χ2v) is 7.07. The first-order valence-corrected chi connectivity index (χ1v) is 8.62. The quantitative estimate of drug-likeness (QED) is 0.720. The summed E-state index contributed by atoms with van der Waals surface area (Å²) < 4.78 is 28.7. The third-order valence-corrected chi connectivity index (χ3v) is 4.86. The summed E-state index contributed by atoms with van der Waals surface area (Å²) in [5.41, 5.74) is 5.42. The predicted octanol–water partition coefficient (Wildman–Crippen LogP) is 1.33. The second-order valence-electron chi connectivity index (χ2n) is 5.35. The molecular weight excluding hydrogens is 276 g/mol. The molecule has 0 saturated heterocycles. The number of rotatable bonds is 9. The molecule has 1 heterocycles. The van der Waals surface area contributed by atoms with Crippen molar-refractivity contribution in [3.8, 4) is 0 Å². The maximum atomic E-state index is 12.2. The van der Waals surface area contributed by atoms with Gasteiger partial charge in [-0.2, -0.15) is 5.10 Å². The lowest BCUT2D eigenvalue weighted by Crippen LogP contribution is -2.33. The topological polar surface area (TPSA) is 90.0 Å². The third-order valence-electron chi connectivity index (χ3n) is 3.32. The Morgan fingerprint density at radius 3 is 2.75 bits per heavy atom. The van der Waals surface area contributed by atoms with Gasteiger partial charge in [0.1, 0.15) is 4.90 Å². The molecule has 20 heavy (non-hydrogen) atoms. The van der Waals surface area contributed by atoms with Crippen LogP contribution in [0.15, 0.2) is 17.3 Å². The lowest BCUT2D eigenvalue weighted by atomic mass is 10.0. The number of nitrogens with one attached hydrogen (secondary N) is 1. The molecule has 0 aliphatic rings. The van der Waals surface area contributed by atoms with Crippen molar-refractivity contribution in [1.29, 1.82) is 0 Å². The summed E-state index contributed by atoms with van der Waals surface area (Å²) in [4.78, 5) is 0.213. The van der Waals surface area contributed by atoms with Crippen LogP contribution < -0.4 is 10.5 Å². The van der Waals surface area contributed by atoms with Crippen LogP contribution in [0.4, 0.5) is 0 Å². The first-order valence-electron chi connectivity index (χ1n) is 7.14. The van der Waals surface area contributed by atoms with Crippen molar-refractivity contribution in [1.82, 2.24) is 14.5 Å². The van der Waals surface area contributed by atoms with E-state index in [-0.39, 0.29) is 10.9 Å². The highest BCUT2D eigenvalue weighted by molar-refractivity contribution is 7.89. The highest BCUT2D eigenvalue weighted by Gasteiger charge is 2.20. The largest absolute Gasteiger partial charge is 0.330 e. The van der Waals surface area contributed by atoms with Gasteiger partial charge in [-0.3, -0.25) is 4.68 Å². The zero-order chi connectivity index (χ0) is 15.2. The minimum Gasteiger partial charge on any atom is -0.330 e. The van der Waals surface area contributed by atoms with Gasteiger partial charge in [0, 0.05) is 18.8 Å². The Kier molecular flexibility index (Phi) is 6.64. The molecule has 0 aromatic carbocycles. The summed E-state index contributed by atoms with van der Waals surface area (Å²) in [5, 5.41) is 4.05. The van der Waals surface area contributed by atoms with Crippen molar-refractivity contribution in [3.63, 3.8) is 0 Å². The second kappa shape index (κ2) is 7.75. The number of aryl methyl sites for hydroxylation is 1. The third kappa shape index (κ3) is 5.22. The van der Waals surface area contributed by atoms with E-state index in [1.54, 1.807) is 10.9 Å². The molecule has 0 aliphatic heterocycles. The molecule has 1 rings (SSSR count). The van der Waals surface area contributed by atoms with Crippen LogP contribution in [0.3, 0.4) is 0 Å². The fourth-order valence-electron chi connectivity index (χ4n) is 2.01. The highest BCUT2D eigenvalue weighted by atomic mass is 32.2. The number of nitrogens with two attached hydrogens (primary N) is 1. The number of sulfonamides is 1. The van der Waals surface area contributed by atoms with Crippen molar-refractivity contribution in [3.05, 3.63) is 12.4 Å². The zero-order valence-electron chi connectivity index (χ0n) is 12.5. The number of aromatic nitrogens is 2. The summed E-state index contributed by atoms with van der Waals surface area (Å²) in [6.07, 6.45) is 5.59. The van der Waals surface area contributed by atoms with E-state index in [1.807, 2.05) is 6.92 Å². The molecule has 0 bridgehead atoms. The molecule has 3 N–H and O–H groups in total. The van der Waals surface area contributed by atoms with E-state index in [2.05, 4.69) is 23.7 Å². The van der Waals surface area contributed by atoms with Crippen LogP contribution in [0, 0.1) is 5.92 Å². The Labute approximate surface area is 121 Å². The van der Waals surface area contributed by atoms with E-state index in [0.29, 0.717) is 19.0 Å². The monoisotopic (exact) mass is 302 g/mol. The van der Waals surface area contributed by atoms with Crippen LogP contribution in [0.5, 0.6) is 0 Å². The average molecular weight is 302 g/mol. The molecule has 0 fully saturated rings. The van der Waals surface area contributed by atoms with Gasteiger partial charge in [0.05, 0.1) is 6.20 Å². The van der Waals surface area contributed by atoms with Gasteiger partial charge in [0.2, 0.25) is 10.0 Å². The molecule has 0 amide bonds. The van der Waals surface area contributed by atoms with Gasteiger partial charge in [0.25, 0.3) is 0 Å². The molecule has 1 aromatic heterocycles. The van der Waals surface area contributed by atoms with E-state index in [9.17, 15) is 8.42 Å². The normalized spacial score (nSPS) is 15.2. The van der Waals surface area contributed by atoms with Crippen molar-refractivity contribution in [2.45, 2.75) is 57.5 Å². The fourth-order valence-corrected chi connectivity index (χ4v) is 3.22. The van der Waals surface area contributed by atoms with E-state index in [0.717, 1.165) is 19.3 Å². The molecule has 2 unspecified atom stereocenters. The van der Waals surface area contributed by atoms with E-state index < -0.39 is 10.0 Å². The van der Waals surface area contributed by atoms with Crippen LogP contribution in [0.25, 0.3) is 0 Å². The Balaban J connectivity index is 2.66. The molecule has 116 valence electrons. The van der Waals surface area contributed by atoms with Crippen molar-refractivity contribution >= 4 is 10.0 Å². The summed E-state index contributed by atoms with van der Waals surface area (Å²) in [6.45, 7) is 7.31. The predicted molar refractivity (Wildman–Crippen MR) is 79.8 cm³/mol. The maximum Gasteiger partial charge on any atom is 0.243 e. The summed E-state index contributed by atoms with van der Waals surface area (Å²) >= 11 is 0. The average Bonchev–Trinajstić information content (AvgIpc) is 2.84. The van der Waals surface area contributed by atoms with Gasteiger partial charge in [-0.1, -0.05) is 20.3 Å². The minimum absolute atomic E-state index is 0.0812. The number of nitrogens with zero attached hydrogens (tertiary/aromatic N) is 2. The van der Waals surface area contributed by atoms with Crippen LogP contribution in [-0.4, -0.2) is 30.8 Å². The van der Waals surface area contributed by atoms with E-state index in [1.165, 1.54) is 6.20 Å². The first kappa shape index (κ1) is 17.1. The Bertz CT molecular complexity index is 498. The van der Waals surface area contributed by atoms with Gasteiger partial charge in [-0.15, -0.1) is 0 Å². The van der Waals surface area contributed by atoms with Gasteiger partial charge in [0.15, 0.2) is 0 Å². The first-order chi connectivity index (χ1) is 9.39. The van der Waals surface area contributed by atoms with Gasteiger partial charge in [-0.05, 0) is 32.2 Å². The molecular formula is C13H26N4O2S. The van der Waals surface area contributed by atoms with Crippen LogP contribution in [0.1, 0.15) is 40.0 Å². The lowest BCUT2D eigenvalue weighted by molar-refractivity contribution is 0.445. The smallest absolute Gasteiger partial charge is 0.243 e. The highest BCUT2D eigenvalue weighted by Crippen LogP contribution is 2.13. The zero-order valence-corrected chi connectivity index (χ0v) is 13.4. The molecule has 2 atom stereocenters. The summed E-state index contributed by atoms with van der Waals surface area (Å²) in [7, 11) is -3.48. The molecule has 0 spiro atoms. The summed E-state index contributed by atoms with van der Waals surface area (Å²) in [5.74, 6) is 0.500. The van der Waals surface area contributed by atoms with Crippen molar-refractivity contribution in [2.24, 2.45) is 11.7 Å². The van der Waals surface area contributed by atoms with E-state index >= 15 is 0 Å². The van der Waals surface area contributed by atoms with Gasteiger partial charge >= 0.3 is 0 Å². The van der Waals surface area contributed by atoms with Gasteiger partial charge < -0.3 is 5.73 Å². The van der Waals surface area contributed by atoms with Gasteiger partial charge in [-0.25, -0.2) is 13.1 Å². The minimum atomic E-state index is -3.48. The molecule has 0 radical (unpaired) electrons. The Morgan fingerprint density at radius 1 is 1.45 bits per heavy atom. The van der Waals surface area contributed by atoms with Crippen LogP contribution >= 0.6 is 0 Å². The van der Waals surface area contributed by atoms with Crippen molar-refractivity contribution in [2.75, 3.05) is 6.54 Å². The summed E-state index contributed by atoms with van der Waals surface area (Å²) in [6, 6.07) is -0.0812. The molecule has 7 heteroatoms. The van der Waals surface area contributed by atoms with Crippen LogP contribution in [-0.2, 0) is 16.6 Å². The van der Waals surface area contributed by atoms with Crippen molar-refractivity contribution < 1.29 is 8.42 Å². The fraction of sp³-hybridized carbons (Fsp3) is 0.769.